The first-order chi connectivity index (χ1) is 5.16. The van der Waals surface area contributed by atoms with E-state index in [9.17, 15) is 0 Å². The topological polar surface area (TPSA) is 29.3 Å². The highest BCUT2D eigenvalue weighted by Crippen LogP contribution is 1.95. The van der Waals surface area contributed by atoms with Gasteiger partial charge in [-0.25, -0.2) is 0 Å². The Morgan fingerprint density at radius 1 is 1.64 bits per heavy atom. The van der Waals surface area contributed by atoms with Gasteiger partial charge in [0.1, 0.15) is 0 Å². The second-order valence-electron chi connectivity index (χ2n) is 3.17. The third-order valence-electron chi connectivity index (χ3n) is 1.64. The van der Waals surface area contributed by atoms with E-state index in [4.69, 9.17) is 5.73 Å². The maximum Gasteiger partial charge on any atom is 0.0157 e. The quantitative estimate of drug-likeness (QED) is 0.586. The van der Waals surface area contributed by atoms with Crippen molar-refractivity contribution in [3.63, 3.8) is 0 Å². The van der Waals surface area contributed by atoms with Crippen LogP contribution < -0.4 is 5.73 Å². The zero-order valence-corrected chi connectivity index (χ0v) is 7.71. The van der Waals surface area contributed by atoms with Crippen molar-refractivity contribution in [2.24, 2.45) is 5.73 Å². The summed E-state index contributed by atoms with van der Waals surface area (Å²) in [5.74, 6) is 0. The van der Waals surface area contributed by atoms with Crippen molar-refractivity contribution >= 4 is 0 Å². The molecule has 2 nitrogen and oxygen atoms in total. The zero-order chi connectivity index (χ0) is 8.69. The van der Waals surface area contributed by atoms with Crippen LogP contribution in [0.2, 0.25) is 0 Å². The lowest BCUT2D eigenvalue weighted by Crippen LogP contribution is -2.22. The predicted molar refractivity (Wildman–Crippen MR) is 50.6 cm³/mol. The van der Waals surface area contributed by atoms with E-state index < -0.39 is 0 Å². The van der Waals surface area contributed by atoms with Gasteiger partial charge < -0.3 is 10.6 Å². The second-order valence-corrected chi connectivity index (χ2v) is 3.17. The van der Waals surface area contributed by atoms with E-state index in [2.05, 4.69) is 18.5 Å². The Labute approximate surface area is 70.1 Å². The van der Waals surface area contributed by atoms with Crippen LogP contribution in [0, 0.1) is 0 Å². The SMILES string of the molecule is C=CCN(C)CCCC(C)N. The van der Waals surface area contributed by atoms with Gasteiger partial charge in [-0.15, -0.1) is 6.58 Å². The van der Waals surface area contributed by atoms with Crippen LogP contribution in [0.25, 0.3) is 0 Å². The fourth-order valence-corrected chi connectivity index (χ4v) is 0.995. The molecule has 11 heavy (non-hydrogen) atoms. The monoisotopic (exact) mass is 156 g/mol. The minimum absolute atomic E-state index is 0.340. The first-order valence-electron chi connectivity index (χ1n) is 4.22. The highest BCUT2D eigenvalue weighted by atomic mass is 15.1. The van der Waals surface area contributed by atoms with Crippen LogP contribution in [0.5, 0.6) is 0 Å². The van der Waals surface area contributed by atoms with Gasteiger partial charge in [-0.1, -0.05) is 6.08 Å². The van der Waals surface area contributed by atoms with E-state index in [0.29, 0.717) is 6.04 Å². The maximum absolute atomic E-state index is 5.61. The van der Waals surface area contributed by atoms with E-state index in [1.54, 1.807) is 0 Å². The second kappa shape index (κ2) is 6.38. The summed E-state index contributed by atoms with van der Waals surface area (Å²) in [5.41, 5.74) is 5.61. The average molecular weight is 156 g/mol. The molecule has 0 heterocycles. The summed E-state index contributed by atoms with van der Waals surface area (Å²) in [4.78, 5) is 2.25. The van der Waals surface area contributed by atoms with Crippen LogP contribution in [0.3, 0.4) is 0 Å². The molecular weight excluding hydrogens is 136 g/mol. The van der Waals surface area contributed by atoms with Gasteiger partial charge in [0.25, 0.3) is 0 Å². The molecule has 0 aromatic heterocycles. The Morgan fingerprint density at radius 3 is 2.73 bits per heavy atom. The zero-order valence-electron chi connectivity index (χ0n) is 7.71. The number of hydrogen-bond donors (Lipinski definition) is 1. The Bertz CT molecular complexity index is 99.7. The fourth-order valence-electron chi connectivity index (χ4n) is 0.995. The van der Waals surface area contributed by atoms with Crippen molar-refractivity contribution in [2.75, 3.05) is 20.1 Å². The molecule has 2 heteroatoms. The lowest BCUT2D eigenvalue weighted by molar-refractivity contribution is 0.354. The van der Waals surface area contributed by atoms with Gasteiger partial charge in [0.2, 0.25) is 0 Å². The molecule has 1 unspecified atom stereocenters. The van der Waals surface area contributed by atoms with Crippen LogP contribution in [0.1, 0.15) is 19.8 Å². The molecule has 0 spiro atoms. The molecule has 0 aliphatic carbocycles. The fraction of sp³-hybridized carbons (Fsp3) is 0.778. The Kier molecular flexibility index (Phi) is 6.18. The van der Waals surface area contributed by atoms with E-state index >= 15 is 0 Å². The first-order valence-corrected chi connectivity index (χ1v) is 4.22. The summed E-state index contributed by atoms with van der Waals surface area (Å²) in [6, 6.07) is 0.340. The number of hydrogen-bond acceptors (Lipinski definition) is 2. The van der Waals surface area contributed by atoms with Crippen LogP contribution in [-0.2, 0) is 0 Å². The summed E-state index contributed by atoms with van der Waals surface area (Å²) >= 11 is 0. The highest BCUT2D eigenvalue weighted by Gasteiger charge is 1.96. The third kappa shape index (κ3) is 7.56. The standard InChI is InChI=1S/C9H20N2/c1-4-7-11(3)8-5-6-9(2)10/h4,9H,1,5-8,10H2,2-3H3. The molecule has 66 valence electrons. The molecule has 0 radical (unpaired) electrons. The van der Waals surface area contributed by atoms with Crippen LogP contribution in [-0.4, -0.2) is 31.1 Å². The Hall–Kier alpha value is -0.340. The number of likely N-dealkylation sites (N-methyl/N-ethyl adjacent to an activating group) is 1. The van der Waals surface area contributed by atoms with Gasteiger partial charge in [-0.05, 0) is 33.4 Å². The Morgan fingerprint density at radius 2 is 2.27 bits per heavy atom. The normalized spacial score (nSPS) is 13.5. The molecule has 0 aromatic carbocycles. The molecule has 0 fully saturated rings. The molecule has 0 bridgehead atoms. The van der Waals surface area contributed by atoms with Crippen molar-refractivity contribution in [2.45, 2.75) is 25.8 Å². The van der Waals surface area contributed by atoms with Crippen LogP contribution >= 0.6 is 0 Å². The smallest absolute Gasteiger partial charge is 0.0157 e. The van der Waals surface area contributed by atoms with E-state index in [1.807, 2.05) is 13.0 Å². The van der Waals surface area contributed by atoms with Crippen molar-refractivity contribution < 1.29 is 0 Å². The van der Waals surface area contributed by atoms with Crippen LogP contribution in [0.15, 0.2) is 12.7 Å². The molecule has 0 aliphatic rings. The molecule has 2 N–H and O–H groups in total. The first kappa shape index (κ1) is 10.7. The van der Waals surface area contributed by atoms with E-state index in [0.717, 1.165) is 19.5 Å². The molecule has 0 rings (SSSR count). The molecule has 1 atom stereocenters. The highest BCUT2D eigenvalue weighted by molar-refractivity contribution is 4.71. The predicted octanol–water partition coefficient (Wildman–Crippen LogP) is 1.23. The molecule has 0 saturated carbocycles. The lowest BCUT2D eigenvalue weighted by Gasteiger charge is -2.14. The Balaban J connectivity index is 3.16. The van der Waals surface area contributed by atoms with Gasteiger partial charge in [-0.3, -0.25) is 0 Å². The summed E-state index contributed by atoms with van der Waals surface area (Å²) in [7, 11) is 2.10. The van der Waals surface area contributed by atoms with Gasteiger partial charge >= 0.3 is 0 Å². The summed E-state index contributed by atoms with van der Waals surface area (Å²) < 4.78 is 0. The van der Waals surface area contributed by atoms with Crippen molar-refractivity contribution in [3.8, 4) is 0 Å². The number of rotatable bonds is 6. The molecule has 0 saturated heterocycles. The van der Waals surface area contributed by atoms with Gasteiger partial charge in [-0.2, -0.15) is 0 Å². The van der Waals surface area contributed by atoms with E-state index in [1.165, 1.54) is 6.42 Å². The number of nitrogens with zero attached hydrogens (tertiary/aromatic N) is 1. The lowest BCUT2D eigenvalue weighted by atomic mass is 10.2. The van der Waals surface area contributed by atoms with Crippen LogP contribution in [0.4, 0.5) is 0 Å². The average Bonchev–Trinajstić information content (AvgIpc) is 1.87. The molecular formula is C9H20N2. The van der Waals surface area contributed by atoms with Gasteiger partial charge in [0.15, 0.2) is 0 Å². The summed E-state index contributed by atoms with van der Waals surface area (Å²) in [6.07, 6.45) is 4.22. The summed E-state index contributed by atoms with van der Waals surface area (Å²) in [6.45, 7) is 7.82. The third-order valence-corrected chi connectivity index (χ3v) is 1.64. The van der Waals surface area contributed by atoms with E-state index in [-0.39, 0.29) is 0 Å². The minimum Gasteiger partial charge on any atom is -0.328 e. The molecule has 0 amide bonds. The number of nitrogens with two attached hydrogens (primary N) is 1. The van der Waals surface area contributed by atoms with Crippen molar-refractivity contribution in [3.05, 3.63) is 12.7 Å². The van der Waals surface area contributed by atoms with Gasteiger partial charge in [0, 0.05) is 12.6 Å². The molecule has 0 aliphatic heterocycles. The summed E-state index contributed by atoms with van der Waals surface area (Å²) in [5, 5.41) is 0. The van der Waals surface area contributed by atoms with Gasteiger partial charge in [0.05, 0.1) is 0 Å². The minimum atomic E-state index is 0.340. The van der Waals surface area contributed by atoms with Crippen molar-refractivity contribution in [1.29, 1.82) is 0 Å². The maximum atomic E-state index is 5.61. The van der Waals surface area contributed by atoms with Crippen molar-refractivity contribution in [1.82, 2.24) is 4.90 Å². The molecule has 0 aromatic rings. The largest absolute Gasteiger partial charge is 0.328 e.